The highest BCUT2D eigenvalue weighted by molar-refractivity contribution is 5.82. The Morgan fingerprint density at radius 1 is 1.47 bits per heavy atom. The topological polar surface area (TPSA) is 59.6 Å². The molecule has 0 aromatic carbocycles. The van der Waals surface area contributed by atoms with Crippen LogP contribution < -0.4 is 11.2 Å². The van der Waals surface area contributed by atoms with E-state index in [0.717, 1.165) is 30.6 Å². The van der Waals surface area contributed by atoms with Crippen LogP contribution in [0.25, 0.3) is 0 Å². The van der Waals surface area contributed by atoms with Crippen LogP contribution in [0.5, 0.6) is 0 Å². The van der Waals surface area contributed by atoms with Crippen molar-refractivity contribution in [3.63, 3.8) is 0 Å². The molecule has 1 aliphatic heterocycles. The van der Waals surface area contributed by atoms with Gasteiger partial charge in [0.25, 0.3) is 0 Å². The third-order valence-corrected chi connectivity index (χ3v) is 3.97. The lowest BCUT2D eigenvalue weighted by Crippen LogP contribution is -2.33. The van der Waals surface area contributed by atoms with Crippen molar-refractivity contribution in [1.29, 1.82) is 0 Å². The van der Waals surface area contributed by atoms with Gasteiger partial charge in [-0.1, -0.05) is 13.8 Å². The molecule has 1 saturated carbocycles. The number of hydrogen-bond donors (Lipinski definition) is 2. The quantitative estimate of drug-likeness (QED) is 0.739. The molecule has 3 N–H and O–H groups in total. The fraction of sp³-hybridized carbons (Fsp3) is 0.909. The summed E-state index contributed by atoms with van der Waals surface area (Å²) in [4.78, 5) is 9.29. The number of nitrogens with two attached hydrogens (primary N) is 1. The molecule has 1 fully saturated rings. The van der Waals surface area contributed by atoms with Crippen LogP contribution in [0.2, 0.25) is 0 Å². The molecule has 0 aromatic heterocycles. The normalized spacial score (nSPS) is 40.3. The van der Waals surface area contributed by atoms with Crippen molar-refractivity contribution in [1.82, 2.24) is 5.48 Å². The molecular formula is C11H21N3O. The highest BCUT2D eigenvalue weighted by Crippen LogP contribution is 2.47. The van der Waals surface area contributed by atoms with Crippen LogP contribution in [-0.4, -0.2) is 19.1 Å². The zero-order valence-electron chi connectivity index (χ0n) is 9.62. The van der Waals surface area contributed by atoms with Gasteiger partial charge in [-0.05, 0) is 36.6 Å². The Kier molecular flexibility index (Phi) is 2.98. The van der Waals surface area contributed by atoms with E-state index >= 15 is 0 Å². The average Bonchev–Trinajstić information content (AvgIpc) is 2.78. The Bertz CT molecular complexity index is 255. The molecule has 4 heteroatoms. The number of hydrogen-bond acceptors (Lipinski definition) is 4. The molecule has 0 bridgehead atoms. The second-order valence-electron chi connectivity index (χ2n) is 5.22. The first-order valence-electron chi connectivity index (χ1n) is 5.76. The van der Waals surface area contributed by atoms with Crippen molar-refractivity contribution in [3.05, 3.63) is 0 Å². The Labute approximate surface area is 91.2 Å². The van der Waals surface area contributed by atoms with Crippen LogP contribution in [0.3, 0.4) is 0 Å². The fourth-order valence-corrected chi connectivity index (χ4v) is 2.94. The molecule has 1 heterocycles. The summed E-state index contributed by atoms with van der Waals surface area (Å²) in [5.41, 5.74) is 9.06. The summed E-state index contributed by atoms with van der Waals surface area (Å²) in [5, 5.41) is 0. The van der Waals surface area contributed by atoms with Crippen molar-refractivity contribution in [2.24, 2.45) is 28.0 Å². The number of nitrogens with one attached hydrogen (secondary N) is 1. The van der Waals surface area contributed by atoms with Gasteiger partial charge in [0.2, 0.25) is 0 Å². The highest BCUT2D eigenvalue weighted by Gasteiger charge is 2.41. The van der Waals surface area contributed by atoms with Gasteiger partial charge in [-0.25, -0.2) is 4.99 Å². The van der Waals surface area contributed by atoms with Crippen LogP contribution in [0.1, 0.15) is 33.1 Å². The first-order valence-corrected chi connectivity index (χ1v) is 5.76. The minimum absolute atomic E-state index is 0.248. The summed E-state index contributed by atoms with van der Waals surface area (Å²) in [6.45, 7) is 5.84. The Morgan fingerprint density at radius 2 is 2.13 bits per heavy atom. The Morgan fingerprint density at radius 3 is 2.60 bits per heavy atom. The number of rotatable bonds is 3. The third-order valence-electron chi connectivity index (χ3n) is 3.97. The minimum Gasteiger partial charge on any atom is -0.330 e. The first kappa shape index (κ1) is 10.9. The zero-order chi connectivity index (χ0) is 10.9. The number of aliphatic imine (C=N–C) groups is 1. The lowest BCUT2D eigenvalue weighted by Gasteiger charge is -2.27. The van der Waals surface area contributed by atoms with Crippen LogP contribution in [-0.2, 0) is 4.84 Å². The number of amidine groups is 1. The van der Waals surface area contributed by atoms with Crippen molar-refractivity contribution < 1.29 is 4.84 Å². The van der Waals surface area contributed by atoms with E-state index in [1.165, 1.54) is 12.8 Å². The standard InChI is InChI=1S/C11H21N3O/c1-8-3-11(6-12,4-9(8)2)5-10-13-7-15-14-10/h8-9H,3-7,12H2,1-2H3,(H,13,14). The summed E-state index contributed by atoms with van der Waals surface area (Å²) in [5.74, 6) is 2.52. The Hall–Kier alpha value is -0.610. The molecule has 4 nitrogen and oxygen atoms in total. The summed E-state index contributed by atoms with van der Waals surface area (Å²) in [6.07, 6.45) is 3.37. The molecule has 15 heavy (non-hydrogen) atoms. The number of nitrogens with zero attached hydrogens (tertiary/aromatic N) is 1. The van der Waals surface area contributed by atoms with Crippen molar-refractivity contribution in [3.8, 4) is 0 Å². The lowest BCUT2D eigenvalue weighted by atomic mass is 9.81. The van der Waals surface area contributed by atoms with E-state index in [-0.39, 0.29) is 5.41 Å². The zero-order valence-corrected chi connectivity index (χ0v) is 9.62. The first-order chi connectivity index (χ1) is 7.15. The minimum atomic E-state index is 0.248. The SMILES string of the molecule is CC1CC(CN)(CC2=NCON2)CC1C. The van der Waals surface area contributed by atoms with E-state index in [1.807, 2.05) is 0 Å². The molecule has 0 aromatic rings. The van der Waals surface area contributed by atoms with E-state index in [0.29, 0.717) is 6.73 Å². The molecule has 0 spiro atoms. The molecule has 2 atom stereocenters. The summed E-state index contributed by atoms with van der Waals surface area (Å²) < 4.78 is 0. The van der Waals surface area contributed by atoms with Gasteiger partial charge < -0.3 is 5.73 Å². The maximum atomic E-state index is 5.95. The molecule has 2 rings (SSSR count). The summed E-state index contributed by atoms with van der Waals surface area (Å²) in [7, 11) is 0. The third kappa shape index (κ3) is 2.16. The maximum Gasteiger partial charge on any atom is 0.166 e. The van der Waals surface area contributed by atoms with Crippen LogP contribution >= 0.6 is 0 Å². The van der Waals surface area contributed by atoms with Gasteiger partial charge in [0, 0.05) is 6.42 Å². The van der Waals surface area contributed by atoms with Gasteiger partial charge in [0.1, 0.15) is 5.84 Å². The van der Waals surface area contributed by atoms with E-state index in [1.54, 1.807) is 0 Å². The molecule has 86 valence electrons. The predicted octanol–water partition coefficient (Wildman–Crippen LogP) is 1.28. The van der Waals surface area contributed by atoms with Crippen LogP contribution in [0.15, 0.2) is 4.99 Å². The number of hydroxylamine groups is 1. The van der Waals surface area contributed by atoms with Gasteiger partial charge in [-0.2, -0.15) is 0 Å². The molecule has 0 radical (unpaired) electrons. The Balaban J connectivity index is 2.03. The van der Waals surface area contributed by atoms with Crippen molar-refractivity contribution >= 4 is 5.84 Å². The molecule has 2 unspecified atom stereocenters. The fourth-order valence-electron chi connectivity index (χ4n) is 2.94. The maximum absolute atomic E-state index is 5.95. The van der Waals surface area contributed by atoms with Gasteiger partial charge in [0.05, 0.1) is 0 Å². The van der Waals surface area contributed by atoms with E-state index in [2.05, 4.69) is 24.3 Å². The second-order valence-corrected chi connectivity index (χ2v) is 5.22. The summed E-state index contributed by atoms with van der Waals surface area (Å²) in [6, 6.07) is 0. The van der Waals surface area contributed by atoms with Gasteiger partial charge in [-0.3, -0.25) is 10.3 Å². The van der Waals surface area contributed by atoms with Gasteiger partial charge in [-0.15, -0.1) is 0 Å². The highest BCUT2D eigenvalue weighted by atomic mass is 16.7. The monoisotopic (exact) mass is 211 g/mol. The summed E-state index contributed by atoms with van der Waals surface area (Å²) >= 11 is 0. The lowest BCUT2D eigenvalue weighted by molar-refractivity contribution is 0.112. The smallest absolute Gasteiger partial charge is 0.166 e. The molecule has 0 amide bonds. The second kappa shape index (κ2) is 4.10. The predicted molar refractivity (Wildman–Crippen MR) is 60.2 cm³/mol. The van der Waals surface area contributed by atoms with Gasteiger partial charge >= 0.3 is 0 Å². The molecular weight excluding hydrogens is 190 g/mol. The average molecular weight is 211 g/mol. The van der Waals surface area contributed by atoms with E-state index in [9.17, 15) is 0 Å². The van der Waals surface area contributed by atoms with Crippen molar-refractivity contribution in [2.45, 2.75) is 33.1 Å². The van der Waals surface area contributed by atoms with Crippen LogP contribution in [0.4, 0.5) is 0 Å². The molecule has 0 saturated heterocycles. The van der Waals surface area contributed by atoms with Crippen molar-refractivity contribution in [2.75, 3.05) is 13.3 Å². The largest absolute Gasteiger partial charge is 0.330 e. The van der Waals surface area contributed by atoms with Crippen LogP contribution in [0, 0.1) is 17.3 Å². The van der Waals surface area contributed by atoms with Gasteiger partial charge in [0.15, 0.2) is 6.73 Å². The molecule has 1 aliphatic carbocycles. The molecule has 2 aliphatic rings. The van der Waals surface area contributed by atoms with E-state index < -0.39 is 0 Å². The van der Waals surface area contributed by atoms with E-state index in [4.69, 9.17) is 10.6 Å².